The molecule has 1 fully saturated rings. The Hall–Kier alpha value is -1.68. The van der Waals surface area contributed by atoms with E-state index in [1.807, 2.05) is 6.92 Å². The minimum absolute atomic E-state index is 0.0167. The fourth-order valence-corrected chi connectivity index (χ4v) is 2.28. The molecule has 1 aromatic rings. The van der Waals surface area contributed by atoms with Crippen LogP contribution in [0.2, 0.25) is 0 Å². The van der Waals surface area contributed by atoms with Crippen molar-refractivity contribution in [2.75, 3.05) is 13.1 Å². The van der Waals surface area contributed by atoms with E-state index in [0.29, 0.717) is 6.54 Å². The maximum atomic E-state index is 12.8. The molecule has 0 aromatic heterocycles. The molecule has 4 heteroatoms. The summed E-state index contributed by atoms with van der Waals surface area (Å²) in [6, 6.07) is 6.23. The Morgan fingerprint density at radius 1 is 1.42 bits per heavy atom. The van der Waals surface area contributed by atoms with Crippen LogP contribution in [0.5, 0.6) is 0 Å². The van der Waals surface area contributed by atoms with Crippen LogP contribution in [0.1, 0.15) is 25.3 Å². The summed E-state index contributed by atoms with van der Waals surface area (Å²) in [5, 5.41) is 0. The minimum atomic E-state index is -0.273. The van der Waals surface area contributed by atoms with Crippen LogP contribution >= 0.6 is 0 Å². The van der Waals surface area contributed by atoms with E-state index < -0.39 is 0 Å². The van der Waals surface area contributed by atoms with Crippen LogP contribution in [0, 0.1) is 5.82 Å². The van der Waals surface area contributed by atoms with Gasteiger partial charge in [0.05, 0.1) is 0 Å². The van der Waals surface area contributed by atoms with Crippen molar-refractivity contribution in [1.29, 1.82) is 0 Å². The van der Waals surface area contributed by atoms with Crippen molar-refractivity contribution in [2.24, 2.45) is 5.73 Å². The summed E-state index contributed by atoms with van der Waals surface area (Å²) in [4.78, 5) is 13.9. The summed E-state index contributed by atoms with van der Waals surface area (Å²) in [5.41, 5.74) is 7.56. The van der Waals surface area contributed by atoms with Crippen LogP contribution < -0.4 is 5.73 Å². The first-order chi connectivity index (χ1) is 9.06. The topological polar surface area (TPSA) is 46.3 Å². The predicted molar refractivity (Wildman–Crippen MR) is 73.8 cm³/mol. The molecular formula is C15H19FN2O. The van der Waals surface area contributed by atoms with Crippen molar-refractivity contribution in [3.63, 3.8) is 0 Å². The SMILES string of the molecule is CC(=CC(=O)N1CCCC(N)C1)c1ccc(F)cc1. The molecule has 102 valence electrons. The van der Waals surface area contributed by atoms with Crippen molar-refractivity contribution in [3.05, 3.63) is 41.7 Å². The lowest BCUT2D eigenvalue weighted by Crippen LogP contribution is -2.45. The number of nitrogens with two attached hydrogens (primary N) is 1. The second-order valence-corrected chi connectivity index (χ2v) is 5.02. The number of hydrogen-bond acceptors (Lipinski definition) is 2. The quantitative estimate of drug-likeness (QED) is 0.830. The fraction of sp³-hybridized carbons (Fsp3) is 0.400. The first-order valence-electron chi connectivity index (χ1n) is 6.55. The molecule has 1 heterocycles. The third-order valence-electron chi connectivity index (χ3n) is 3.41. The number of carbonyl (C=O) groups excluding carboxylic acids is 1. The Labute approximate surface area is 112 Å². The molecule has 2 N–H and O–H groups in total. The predicted octanol–water partition coefficient (Wildman–Crippen LogP) is 2.18. The lowest BCUT2D eigenvalue weighted by molar-refractivity contribution is -0.127. The summed E-state index contributed by atoms with van der Waals surface area (Å²) in [7, 11) is 0. The molecule has 3 nitrogen and oxygen atoms in total. The van der Waals surface area contributed by atoms with Crippen molar-refractivity contribution in [3.8, 4) is 0 Å². The molecule has 1 saturated heterocycles. The van der Waals surface area contributed by atoms with Gasteiger partial charge in [-0.3, -0.25) is 4.79 Å². The number of nitrogens with zero attached hydrogens (tertiary/aromatic N) is 1. The van der Waals surface area contributed by atoms with Gasteiger partial charge in [-0.2, -0.15) is 0 Å². The standard InChI is InChI=1S/C15H19FN2O/c1-11(12-4-6-13(16)7-5-12)9-15(19)18-8-2-3-14(17)10-18/h4-7,9,14H,2-3,8,10,17H2,1H3. The highest BCUT2D eigenvalue weighted by Gasteiger charge is 2.19. The number of benzene rings is 1. The largest absolute Gasteiger partial charge is 0.338 e. The van der Waals surface area contributed by atoms with E-state index >= 15 is 0 Å². The highest BCUT2D eigenvalue weighted by molar-refractivity contribution is 5.94. The van der Waals surface area contributed by atoms with Gasteiger partial charge in [0.1, 0.15) is 5.82 Å². The van der Waals surface area contributed by atoms with Crippen molar-refractivity contribution in [1.82, 2.24) is 4.90 Å². The summed E-state index contributed by atoms with van der Waals surface area (Å²) < 4.78 is 12.8. The van der Waals surface area contributed by atoms with E-state index in [2.05, 4.69) is 0 Å². The lowest BCUT2D eigenvalue weighted by Gasteiger charge is -2.30. The smallest absolute Gasteiger partial charge is 0.246 e. The van der Waals surface area contributed by atoms with E-state index in [-0.39, 0.29) is 17.8 Å². The summed E-state index contributed by atoms with van der Waals surface area (Å²) in [5.74, 6) is -0.290. The Kier molecular flexibility index (Phi) is 4.32. The zero-order valence-electron chi connectivity index (χ0n) is 11.1. The molecule has 2 rings (SSSR count). The Bertz CT molecular complexity index is 481. The summed E-state index contributed by atoms with van der Waals surface area (Å²) >= 11 is 0. The molecule has 1 amide bonds. The lowest BCUT2D eigenvalue weighted by atomic mass is 10.0. The normalized spacial score (nSPS) is 20.5. The van der Waals surface area contributed by atoms with Crippen LogP contribution in [0.3, 0.4) is 0 Å². The maximum absolute atomic E-state index is 12.8. The Morgan fingerprint density at radius 3 is 2.74 bits per heavy atom. The van der Waals surface area contributed by atoms with Gasteiger partial charge in [0.15, 0.2) is 0 Å². The second-order valence-electron chi connectivity index (χ2n) is 5.02. The Balaban J connectivity index is 2.07. The molecule has 0 aliphatic carbocycles. The number of rotatable bonds is 2. The molecule has 1 atom stereocenters. The highest BCUT2D eigenvalue weighted by atomic mass is 19.1. The van der Waals surface area contributed by atoms with E-state index in [9.17, 15) is 9.18 Å². The first kappa shape index (κ1) is 13.7. The monoisotopic (exact) mass is 262 g/mol. The average Bonchev–Trinajstić information content (AvgIpc) is 2.39. The summed E-state index contributed by atoms with van der Waals surface area (Å²) in [6.07, 6.45) is 3.53. The third kappa shape index (κ3) is 3.64. The van der Waals surface area contributed by atoms with Crippen molar-refractivity contribution >= 4 is 11.5 Å². The molecular weight excluding hydrogens is 243 g/mol. The van der Waals surface area contributed by atoms with Gasteiger partial charge in [-0.15, -0.1) is 0 Å². The molecule has 1 aliphatic rings. The maximum Gasteiger partial charge on any atom is 0.246 e. The van der Waals surface area contributed by atoms with Gasteiger partial charge < -0.3 is 10.6 Å². The van der Waals surface area contributed by atoms with Crippen molar-refractivity contribution in [2.45, 2.75) is 25.8 Å². The fourth-order valence-electron chi connectivity index (χ4n) is 2.28. The van der Waals surface area contributed by atoms with Crippen LogP contribution in [0.25, 0.3) is 5.57 Å². The molecule has 0 bridgehead atoms. The minimum Gasteiger partial charge on any atom is -0.338 e. The highest BCUT2D eigenvalue weighted by Crippen LogP contribution is 2.16. The van der Waals surface area contributed by atoms with Gasteiger partial charge >= 0.3 is 0 Å². The van der Waals surface area contributed by atoms with E-state index in [0.717, 1.165) is 30.5 Å². The van der Waals surface area contributed by atoms with E-state index in [1.165, 1.54) is 12.1 Å². The van der Waals surface area contributed by atoms with Gasteiger partial charge in [0.25, 0.3) is 0 Å². The third-order valence-corrected chi connectivity index (χ3v) is 3.41. The Morgan fingerprint density at radius 2 is 2.11 bits per heavy atom. The van der Waals surface area contributed by atoms with Gasteiger partial charge in [-0.1, -0.05) is 12.1 Å². The van der Waals surface area contributed by atoms with E-state index in [1.54, 1.807) is 23.1 Å². The van der Waals surface area contributed by atoms with Crippen molar-refractivity contribution < 1.29 is 9.18 Å². The number of likely N-dealkylation sites (tertiary alicyclic amines) is 1. The molecule has 0 saturated carbocycles. The van der Waals surface area contributed by atoms with Crippen LogP contribution in [0.15, 0.2) is 30.3 Å². The molecule has 1 unspecified atom stereocenters. The van der Waals surface area contributed by atoms with Gasteiger partial charge in [0, 0.05) is 25.2 Å². The number of carbonyl (C=O) groups is 1. The average molecular weight is 262 g/mol. The molecule has 0 radical (unpaired) electrons. The molecule has 1 aromatic carbocycles. The first-order valence-corrected chi connectivity index (χ1v) is 6.55. The number of piperidine rings is 1. The van der Waals surface area contributed by atoms with Crippen LogP contribution in [-0.2, 0) is 4.79 Å². The number of hydrogen-bond donors (Lipinski definition) is 1. The van der Waals surface area contributed by atoms with Gasteiger partial charge in [-0.05, 0) is 43.0 Å². The van der Waals surface area contributed by atoms with Gasteiger partial charge in [0.2, 0.25) is 5.91 Å². The van der Waals surface area contributed by atoms with E-state index in [4.69, 9.17) is 5.73 Å². The zero-order chi connectivity index (χ0) is 13.8. The zero-order valence-corrected chi connectivity index (χ0v) is 11.1. The number of halogens is 1. The molecule has 19 heavy (non-hydrogen) atoms. The number of amides is 1. The molecule has 0 spiro atoms. The summed E-state index contributed by atoms with van der Waals surface area (Å²) in [6.45, 7) is 3.24. The van der Waals surface area contributed by atoms with Crippen LogP contribution in [0.4, 0.5) is 4.39 Å². The van der Waals surface area contributed by atoms with Crippen LogP contribution in [-0.4, -0.2) is 29.9 Å². The second kappa shape index (κ2) is 5.97. The van der Waals surface area contributed by atoms with Gasteiger partial charge in [-0.25, -0.2) is 4.39 Å². The molecule has 1 aliphatic heterocycles. The number of allylic oxidation sites excluding steroid dienone is 1.